The highest BCUT2D eigenvalue weighted by Crippen LogP contribution is 2.19. The Morgan fingerprint density at radius 1 is 1.16 bits per heavy atom. The van der Waals surface area contributed by atoms with Crippen LogP contribution in [0.4, 0.5) is 5.69 Å². The molecule has 5 nitrogen and oxygen atoms in total. The van der Waals surface area contributed by atoms with Crippen molar-refractivity contribution in [1.29, 1.82) is 0 Å². The molecule has 25 heavy (non-hydrogen) atoms. The van der Waals surface area contributed by atoms with Crippen molar-refractivity contribution in [2.24, 2.45) is 7.05 Å². The fraction of sp³-hybridized carbons (Fsp3) is 0.368. The standard InChI is InChI=1S/C19H22N4OS/c1-21-17-5-4-15(13-18(17)25-19(21)24)6-8-22-9-11-23(12-10-22)16-3-2-7-20-14-16/h2-5,7,13-14H,6,8-12H2,1H3. The first-order valence-electron chi connectivity index (χ1n) is 8.66. The average molecular weight is 354 g/mol. The van der Waals surface area contributed by atoms with Crippen LogP contribution in [0.3, 0.4) is 0 Å². The Kier molecular flexibility index (Phi) is 4.55. The van der Waals surface area contributed by atoms with E-state index in [1.165, 1.54) is 22.6 Å². The predicted molar refractivity (Wildman–Crippen MR) is 104 cm³/mol. The van der Waals surface area contributed by atoms with Gasteiger partial charge in [0.2, 0.25) is 0 Å². The Bertz CT molecular complexity index is 910. The first kappa shape index (κ1) is 16.3. The maximum atomic E-state index is 11.8. The Balaban J connectivity index is 1.34. The molecule has 1 aliphatic heterocycles. The zero-order valence-electron chi connectivity index (χ0n) is 14.4. The van der Waals surface area contributed by atoms with E-state index in [1.807, 2.05) is 25.5 Å². The van der Waals surface area contributed by atoms with Crippen molar-refractivity contribution in [3.8, 4) is 0 Å². The van der Waals surface area contributed by atoms with Gasteiger partial charge in [0.15, 0.2) is 0 Å². The fourth-order valence-electron chi connectivity index (χ4n) is 3.39. The van der Waals surface area contributed by atoms with E-state index < -0.39 is 0 Å². The Morgan fingerprint density at radius 2 is 2.00 bits per heavy atom. The van der Waals surface area contributed by atoms with Crippen molar-refractivity contribution in [1.82, 2.24) is 14.5 Å². The molecular formula is C19H22N4OS. The largest absolute Gasteiger partial charge is 0.368 e. The molecular weight excluding hydrogens is 332 g/mol. The zero-order valence-corrected chi connectivity index (χ0v) is 15.2. The molecule has 0 radical (unpaired) electrons. The molecule has 1 aliphatic rings. The van der Waals surface area contributed by atoms with Gasteiger partial charge in [-0.3, -0.25) is 14.7 Å². The highest BCUT2D eigenvalue weighted by molar-refractivity contribution is 7.16. The number of nitrogens with zero attached hydrogens (tertiary/aromatic N) is 4. The third-order valence-electron chi connectivity index (χ3n) is 4.96. The van der Waals surface area contributed by atoms with Gasteiger partial charge in [-0.05, 0) is 36.2 Å². The van der Waals surface area contributed by atoms with Crippen LogP contribution in [-0.2, 0) is 13.5 Å². The number of pyridine rings is 1. The van der Waals surface area contributed by atoms with Gasteiger partial charge in [-0.2, -0.15) is 0 Å². The number of rotatable bonds is 4. The summed E-state index contributed by atoms with van der Waals surface area (Å²) in [5, 5.41) is 0. The SMILES string of the molecule is Cn1c(=O)sc2cc(CCN3CCN(c4cccnc4)CC3)ccc21. The summed E-state index contributed by atoms with van der Waals surface area (Å²) in [4.78, 5) is 21.0. The molecule has 0 N–H and O–H groups in total. The summed E-state index contributed by atoms with van der Waals surface area (Å²) in [6.07, 6.45) is 4.79. The van der Waals surface area contributed by atoms with Crippen molar-refractivity contribution >= 4 is 27.2 Å². The summed E-state index contributed by atoms with van der Waals surface area (Å²) in [5.74, 6) is 0. The minimum absolute atomic E-state index is 0.110. The van der Waals surface area contributed by atoms with Crippen LogP contribution in [0.5, 0.6) is 0 Å². The topological polar surface area (TPSA) is 41.4 Å². The minimum atomic E-state index is 0.110. The van der Waals surface area contributed by atoms with Gasteiger partial charge in [0, 0.05) is 46.0 Å². The second kappa shape index (κ2) is 6.98. The fourth-order valence-corrected chi connectivity index (χ4v) is 4.33. The van der Waals surface area contributed by atoms with Crippen LogP contribution in [0.1, 0.15) is 5.56 Å². The van der Waals surface area contributed by atoms with E-state index >= 15 is 0 Å². The lowest BCUT2D eigenvalue weighted by Crippen LogP contribution is -2.47. The van der Waals surface area contributed by atoms with E-state index in [0.717, 1.165) is 49.4 Å². The summed E-state index contributed by atoms with van der Waals surface area (Å²) in [6, 6.07) is 10.5. The summed E-state index contributed by atoms with van der Waals surface area (Å²) < 4.78 is 2.81. The van der Waals surface area contributed by atoms with E-state index in [1.54, 1.807) is 4.57 Å². The number of piperazine rings is 1. The van der Waals surface area contributed by atoms with Crippen LogP contribution in [0, 0.1) is 0 Å². The number of aromatic nitrogens is 2. The van der Waals surface area contributed by atoms with Crippen LogP contribution in [0.15, 0.2) is 47.5 Å². The van der Waals surface area contributed by atoms with Crippen molar-refractivity contribution in [3.63, 3.8) is 0 Å². The molecule has 4 rings (SSSR count). The monoisotopic (exact) mass is 354 g/mol. The van der Waals surface area contributed by atoms with E-state index in [0.29, 0.717) is 0 Å². The molecule has 1 aromatic carbocycles. The zero-order chi connectivity index (χ0) is 17.2. The van der Waals surface area contributed by atoms with Crippen molar-refractivity contribution in [2.75, 3.05) is 37.6 Å². The highest BCUT2D eigenvalue weighted by atomic mass is 32.1. The molecule has 0 amide bonds. The van der Waals surface area contributed by atoms with Gasteiger partial charge in [-0.15, -0.1) is 0 Å². The lowest BCUT2D eigenvalue weighted by Gasteiger charge is -2.35. The normalized spacial score (nSPS) is 15.8. The number of aryl methyl sites for hydroxylation is 1. The third-order valence-corrected chi connectivity index (χ3v) is 5.95. The van der Waals surface area contributed by atoms with Crippen LogP contribution < -0.4 is 9.77 Å². The Morgan fingerprint density at radius 3 is 2.76 bits per heavy atom. The number of benzene rings is 1. The lowest BCUT2D eigenvalue weighted by atomic mass is 10.1. The molecule has 2 aromatic heterocycles. The molecule has 0 aliphatic carbocycles. The molecule has 1 saturated heterocycles. The van der Waals surface area contributed by atoms with Crippen LogP contribution in [0.25, 0.3) is 10.2 Å². The second-order valence-corrected chi connectivity index (χ2v) is 7.51. The van der Waals surface area contributed by atoms with E-state index in [2.05, 4.69) is 39.0 Å². The van der Waals surface area contributed by atoms with Gasteiger partial charge in [-0.1, -0.05) is 17.4 Å². The predicted octanol–water partition coefficient (Wildman–Crippen LogP) is 2.36. The molecule has 0 unspecified atom stereocenters. The molecule has 3 aromatic rings. The summed E-state index contributed by atoms with van der Waals surface area (Å²) in [5.41, 5.74) is 3.56. The smallest absolute Gasteiger partial charge is 0.307 e. The van der Waals surface area contributed by atoms with Crippen LogP contribution in [0.2, 0.25) is 0 Å². The van der Waals surface area contributed by atoms with E-state index in [4.69, 9.17) is 0 Å². The number of anilines is 1. The first-order valence-corrected chi connectivity index (χ1v) is 9.48. The average Bonchev–Trinajstić information content (AvgIpc) is 2.95. The second-order valence-electron chi connectivity index (χ2n) is 6.52. The molecule has 130 valence electrons. The summed E-state index contributed by atoms with van der Waals surface area (Å²) in [7, 11) is 1.84. The molecule has 6 heteroatoms. The third kappa shape index (κ3) is 3.45. The lowest BCUT2D eigenvalue weighted by molar-refractivity contribution is 0.261. The molecule has 0 bridgehead atoms. The molecule has 0 saturated carbocycles. The number of hydrogen-bond acceptors (Lipinski definition) is 5. The van der Waals surface area contributed by atoms with Crippen molar-refractivity contribution < 1.29 is 0 Å². The molecule has 0 spiro atoms. The van der Waals surface area contributed by atoms with Crippen LogP contribution in [-0.4, -0.2) is 47.2 Å². The number of thiazole rings is 1. The number of fused-ring (bicyclic) bond motifs is 1. The quantitative estimate of drug-likeness (QED) is 0.721. The molecule has 1 fully saturated rings. The van der Waals surface area contributed by atoms with E-state index in [-0.39, 0.29) is 4.87 Å². The maximum Gasteiger partial charge on any atom is 0.307 e. The van der Waals surface area contributed by atoms with Crippen LogP contribution >= 0.6 is 11.3 Å². The van der Waals surface area contributed by atoms with Crippen molar-refractivity contribution in [2.45, 2.75) is 6.42 Å². The van der Waals surface area contributed by atoms with E-state index in [9.17, 15) is 4.79 Å². The van der Waals surface area contributed by atoms with Gasteiger partial charge < -0.3 is 9.47 Å². The van der Waals surface area contributed by atoms with Gasteiger partial charge in [-0.25, -0.2) is 0 Å². The first-order chi connectivity index (χ1) is 12.2. The van der Waals surface area contributed by atoms with Gasteiger partial charge in [0.25, 0.3) is 0 Å². The van der Waals surface area contributed by atoms with Gasteiger partial charge >= 0.3 is 4.87 Å². The molecule has 0 atom stereocenters. The summed E-state index contributed by atoms with van der Waals surface area (Å²) >= 11 is 1.33. The molecule has 3 heterocycles. The van der Waals surface area contributed by atoms with Gasteiger partial charge in [0.1, 0.15) is 0 Å². The Labute approximate surface area is 151 Å². The maximum absolute atomic E-state index is 11.8. The van der Waals surface area contributed by atoms with Gasteiger partial charge in [0.05, 0.1) is 22.1 Å². The highest BCUT2D eigenvalue weighted by Gasteiger charge is 2.17. The Hall–Kier alpha value is -2.18. The van der Waals surface area contributed by atoms with Crippen molar-refractivity contribution in [3.05, 3.63) is 58.0 Å². The number of hydrogen-bond donors (Lipinski definition) is 0. The minimum Gasteiger partial charge on any atom is -0.368 e. The summed E-state index contributed by atoms with van der Waals surface area (Å²) in [6.45, 7) is 5.32.